The van der Waals surface area contributed by atoms with Gasteiger partial charge in [-0.05, 0) is 163 Å². The number of benzene rings is 9. The summed E-state index contributed by atoms with van der Waals surface area (Å²) in [6.07, 6.45) is 0. The molecule has 71 heavy (non-hydrogen) atoms. The van der Waals surface area contributed by atoms with E-state index in [1.807, 2.05) is 0 Å². The second kappa shape index (κ2) is 13.2. The molecular weight excluding hydrogens is 863 g/mol. The van der Waals surface area contributed by atoms with Crippen molar-refractivity contribution in [2.24, 2.45) is 0 Å². The van der Waals surface area contributed by atoms with Gasteiger partial charge >= 0.3 is 0 Å². The quantitative estimate of drug-likeness (QED) is 0.177. The van der Waals surface area contributed by atoms with Gasteiger partial charge in [-0.15, -0.1) is 0 Å². The van der Waals surface area contributed by atoms with E-state index in [0.717, 1.165) is 33.7 Å². The van der Waals surface area contributed by atoms with Crippen LogP contribution in [0.1, 0.15) is 111 Å². The summed E-state index contributed by atoms with van der Waals surface area (Å²) in [5.41, 5.74) is 30.4. The minimum Gasteiger partial charge on any atom is -0.456 e. The summed E-state index contributed by atoms with van der Waals surface area (Å²) in [4.78, 5) is 2.55. The maximum Gasteiger partial charge on any atom is 0.144 e. The zero-order valence-electron chi connectivity index (χ0n) is 42.2. The van der Waals surface area contributed by atoms with E-state index in [2.05, 4.69) is 226 Å². The number of aryl methyl sites for hydroxylation is 2. The van der Waals surface area contributed by atoms with Gasteiger partial charge in [0.25, 0.3) is 0 Å². The normalized spacial score (nSPS) is 16.5. The first-order valence-electron chi connectivity index (χ1n) is 25.5. The first-order chi connectivity index (χ1) is 34.1. The third kappa shape index (κ3) is 4.95. The molecule has 0 saturated carbocycles. The molecule has 3 nitrogen and oxygen atoms in total. The molecule has 344 valence electrons. The Morgan fingerprint density at radius 3 is 1.62 bits per heavy atom. The van der Waals surface area contributed by atoms with Gasteiger partial charge < -0.3 is 13.7 Å². The summed E-state index contributed by atoms with van der Waals surface area (Å²) in [6.45, 7) is 23.9. The molecule has 0 saturated heterocycles. The number of nitrogens with zero attached hydrogens (tertiary/aromatic N) is 1. The summed E-state index contributed by atoms with van der Waals surface area (Å²) < 4.78 is 13.5. The van der Waals surface area contributed by atoms with Crippen molar-refractivity contribution in [2.45, 2.75) is 90.9 Å². The van der Waals surface area contributed by atoms with E-state index >= 15 is 0 Å². The Balaban J connectivity index is 0.921. The Morgan fingerprint density at radius 1 is 0.352 bits per heavy atom. The van der Waals surface area contributed by atoms with Crippen LogP contribution in [0.25, 0.3) is 88.4 Å². The van der Waals surface area contributed by atoms with Crippen molar-refractivity contribution < 1.29 is 8.83 Å². The lowest BCUT2D eigenvalue weighted by Gasteiger charge is -2.32. The minimum atomic E-state index is -0.327. The monoisotopic (exact) mass is 917 g/mol. The molecule has 4 aliphatic rings. The highest BCUT2D eigenvalue weighted by Crippen LogP contribution is 2.64. The molecule has 0 unspecified atom stereocenters. The maximum atomic E-state index is 7.06. The van der Waals surface area contributed by atoms with E-state index in [1.165, 1.54) is 127 Å². The van der Waals surface area contributed by atoms with Gasteiger partial charge in [0.2, 0.25) is 0 Å². The molecule has 0 atom stereocenters. The number of hydrogen-bond donors (Lipinski definition) is 0. The lowest BCUT2D eigenvalue weighted by molar-refractivity contribution is 0.600. The van der Waals surface area contributed by atoms with E-state index in [0.29, 0.717) is 0 Å². The van der Waals surface area contributed by atoms with Crippen LogP contribution in [-0.2, 0) is 21.7 Å². The Kier molecular flexibility index (Phi) is 7.66. The average Bonchev–Trinajstić information content (AvgIpc) is 4.14. The molecule has 0 spiro atoms. The number of furan rings is 2. The maximum absolute atomic E-state index is 7.06. The molecule has 9 aromatic carbocycles. The van der Waals surface area contributed by atoms with Crippen molar-refractivity contribution in [1.82, 2.24) is 0 Å². The van der Waals surface area contributed by atoms with Gasteiger partial charge in [0.15, 0.2) is 0 Å². The second-order valence-electron chi connectivity index (χ2n) is 23.3. The van der Waals surface area contributed by atoms with Gasteiger partial charge in [0, 0.05) is 60.1 Å². The molecule has 0 fully saturated rings. The van der Waals surface area contributed by atoms with Crippen molar-refractivity contribution in [3.63, 3.8) is 0 Å². The fourth-order valence-corrected chi connectivity index (χ4v) is 14.6. The second-order valence-corrected chi connectivity index (χ2v) is 23.3. The number of fused-ring (bicyclic) bond motifs is 22. The van der Waals surface area contributed by atoms with Crippen LogP contribution in [0.3, 0.4) is 0 Å². The average molecular weight is 918 g/mol. The highest BCUT2D eigenvalue weighted by Gasteiger charge is 2.49. The summed E-state index contributed by atoms with van der Waals surface area (Å²) in [5, 5.41) is 4.83. The molecule has 11 aromatic rings. The lowest BCUT2D eigenvalue weighted by Crippen LogP contribution is -2.24. The van der Waals surface area contributed by atoms with Crippen LogP contribution in [0, 0.1) is 13.8 Å². The third-order valence-corrected chi connectivity index (χ3v) is 18.0. The van der Waals surface area contributed by atoms with Crippen LogP contribution in [0.15, 0.2) is 160 Å². The molecule has 2 heterocycles. The first kappa shape index (κ1) is 41.2. The molecule has 15 rings (SSSR count). The highest BCUT2D eigenvalue weighted by atomic mass is 16.3. The number of hydrogen-bond acceptors (Lipinski definition) is 3. The SMILES string of the molecule is Cc1cccc(C)c1N(c1ccc2c(c1)C(C)(C)c1cc3c(cc1-2)C(C)(C)c1ccc2oc4ccccc4c2c1-3)c1ccc2c(c1)C(C)(C)c1c3c(c4c(oc5ccccc54)c1-2)-c1ccccc1C3(C)C. The van der Waals surface area contributed by atoms with E-state index in [4.69, 9.17) is 8.83 Å². The molecular formula is C68H55NO2. The topological polar surface area (TPSA) is 29.5 Å². The molecule has 0 N–H and O–H groups in total. The van der Waals surface area contributed by atoms with Crippen LogP contribution in [0.2, 0.25) is 0 Å². The minimum absolute atomic E-state index is 0.171. The fourth-order valence-electron chi connectivity index (χ4n) is 14.6. The molecule has 0 amide bonds. The van der Waals surface area contributed by atoms with Crippen molar-refractivity contribution in [2.75, 3.05) is 4.90 Å². The van der Waals surface area contributed by atoms with Gasteiger partial charge in [-0.1, -0.05) is 152 Å². The van der Waals surface area contributed by atoms with Gasteiger partial charge in [-0.3, -0.25) is 0 Å². The van der Waals surface area contributed by atoms with Crippen molar-refractivity contribution in [3.05, 3.63) is 207 Å². The Hall–Kier alpha value is -7.62. The van der Waals surface area contributed by atoms with Gasteiger partial charge in [-0.2, -0.15) is 0 Å². The first-order valence-corrected chi connectivity index (χ1v) is 25.5. The predicted octanol–water partition coefficient (Wildman–Crippen LogP) is 18.8. The lowest BCUT2D eigenvalue weighted by atomic mass is 9.72. The molecule has 2 aromatic heterocycles. The third-order valence-electron chi connectivity index (χ3n) is 18.0. The summed E-state index contributed by atoms with van der Waals surface area (Å²) in [6, 6.07) is 57.1. The van der Waals surface area contributed by atoms with Crippen molar-refractivity contribution >= 4 is 60.9 Å². The fraction of sp³-hybridized carbons (Fsp3) is 0.206. The Bertz CT molecular complexity index is 4240. The van der Waals surface area contributed by atoms with E-state index in [1.54, 1.807) is 0 Å². The Labute approximate surface area is 415 Å². The highest BCUT2D eigenvalue weighted by molar-refractivity contribution is 6.21. The summed E-state index contributed by atoms with van der Waals surface area (Å²) in [5.74, 6) is 0. The van der Waals surface area contributed by atoms with E-state index < -0.39 is 0 Å². The summed E-state index contributed by atoms with van der Waals surface area (Å²) >= 11 is 0. The van der Waals surface area contributed by atoms with Gasteiger partial charge in [0.1, 0.15) is 22.3 Å². The zero-order chi connectivity index (χ0) is 48.4. The zero-order valence-corrected chi connectivity index (χ0v) is 42.2. The van der Waals surface area contributed by atoms with Crippen molar-refractivity contribution in [3.8, 4) is 44.5 Å². The van der Waals surface area contributed by atoms with E-state index in [9.17, 15) is 0 Å². The standard InChI is InChI=1S/C68H55NO2/c1-36-18-17-19-37(2)63(36)69(38-26-28-40-45-34-52-46(35-51(45)66(5,6)49(40)32-38)56-48(65(52,3)4)30-31-55-57(56)43-21-12-15-24-53(43)70-55)39-27-29-42-50(33-39)68(9,10)62-60(42)64-59(44-22-13-16-25-54(44)71-64)58-41-20-11-14-23-47(41)67(7,8)61(58)62/h11-35H,1-10H3. The molecule has 4 aliphatic carbocycles. The van der Waals surface area contributed by atoms with Crippen molar-refractivity contribution in [1.29, 1.82) is 0 Å². The smallest absolute Gasteiger partial charge is 0.144 e. The van der Waals surface area contributed by atoms with Crippen LogP contribution in [0.4, 0.5) is 17.1 Å². The predicted molar refractivity (Wildman–Crippen MR) is 295 cm³/mol. The number of rotatable bonds is 3. The van der Waals surface area contributed by atoms with Crippen LogP contribution >= 0.6 is 0 Å². The van der Waals surface area contributed by atoms with Crippen LogP contribution in [0.5, 0.6) is 0 Å². The Morgan fingerprint density at radius 2 is 0.887 bits per heavy atom. The largest absolute Gasteiger partial charge is 0.456 e. The molecule has 3 heteroatoms. The van der Waals surface area contributed by atoms with Gasteiger partial charge in [0.05, 0.1) is 5.69 Å². The van der Waals surface area contributed by atoms with E-state index in [-0.39, 0.29) is 21.7 Å². The molecule has 0 radical (unpaired) electrons. The van der Waals surface area contributed by atoms with Gasteiger partial charge in [-0.25, -0.2) is 0 Å². The molecule has 0 bridgehead atoms. The summed E-state index contributed by atoms with van der Waals surface area (Å²) in [7, 11) is 0. The number of para-hydroxylation sites is 3. The van der Waals surface area contributed by atoms with Crippen LogP contribution in [-0.4, -0.2) is 0 Å². The molecule has 0 aliphatic heterocycles. The van der Waals surface area contributed by atoms with Crippen LogP contribution < -0.4 is 4.90 Å². The number of anilines is 3.